The van der Waals surface area contributed by atoms with Crippen molar-refractivity contribution in [1.82, 2.24) is 15.2 Å². The molecule has 0 unspecified atom stereocenters. The Morgan fingerprint density at radius 1 is 1.56 bits per heavy atom. The van der Waals surface area contributed by atoms with E-state index in [1.807, 2.05) is 6.26 Å². The van der Waals surface area contributed by atoms with Crippen molar-refractivity contribution >= 4 is 40.2 Å². The summed E-state index contributed by atoms with van der Waals surface area (Å²) in [6, 6.07) is 0. The molecule has 1 aromatic rings. The predicted octanol–water partition coefficient (Wildman–Crippen LogP) is 0.701. The van der Waals surface area contributed by atoms with Crippen molar-refractivity contribution < 1.29 is 4.74 Å². The number of aromatic nitrogens is 3. The molecule has 0 spiro atoms. The van der Waals surface area contributed by atoms with Gasteiger partial charge in [-0.2, -0.15) is 4.98 Å². The van der Waals surface area contributed by atoms with Gasteiger partial charge in [0, 0.05) is 13.1 Å². The van der Waals surface area contributed by atoms with E-state index < -0.39 is 0 Å². The number of rotatable bonds is 2. The van der Waals surface area contributed by atoms with Gasteiger partial charge >= 0.3 is 0 Å². The summed E-state index contributed by atoms with van der Waals surface area (Å²) in [4.78, 5) is 6.39. The number of hydrogen-bond donors (Lipinski definition) is 2. The first-order valence-corrected chi connectivity index (χ1v) is 6.53. The third-order valence-electron chi connectivity index (χ3n) is 2.17. The van der Waals surface area contributed by atoms with Crippen molar-refractivity contribution in [3.8, 4) is 0 Å². The van der Waals surface area contributed by atoms with Crippen LogP contribution in [0.5, 0.6) is 0 Å². The first-order valence-electron chi connectivity index (χ1n) is 4.89. The van der Waals surface area contributed by atoms with Crippen LogP contribution in [0.1, 0.15) is 0 Å². The number of nitrogens with one attached hydrogen (secondary N) is 2. The van der Waals surface area contributed by atoms with Gasteiger partial charge in [-0.05, 0) is 6.26 Å². The minimum absolute atomic E-state index is 0.584. The Morgan fingerprint density at radius 2 is 2.31 bits per heavy atom. The van der Waals surface area contributed by atoms with Crippen LogP contribution < -0.4 is 10.2 Å². The van der Waals surface area contributed by atoms with Crippen molar-refractivity contribution in [2.24, 2.45) is 0 Å². The molecule has 2 rings (SSSR count). The minimum Gasteiger partial charge on any atom is -0.378 e. The summed E-state index contributed by atoms with van der Waals surface area (Å²) in [5.41, 5.74) is 0. The molecular formula is C8H13N5OS2. The van der Waals surface area contributed by atoms with Gasteiger partial charge in [-0.1, -0.05) is 12.2 Å². The van der Waals surface area contributed by atoms with Gasteiger partial charge in [-0.25, -0.2) is 5.10 Å². The quantitative estimate of drug-likeness (QED) is 0.758. The molecule has 0 aromatic carbocycles. The van der Waals surface area contributed by atoms with Gasteiger partial charge in [0.15, 0.2) is 0 Å². The zero-order valence-electron chi connectivity index (χ0n) is 8.89. The van der Waals surface area contributed by atoms with Crippen LogP contribution in [0.4, 0.5) is 11.9 Å². The van der Waals surface area contributed by atoms with Crippen LogP contribution in [0.25, 0.3) is 0 Å². The number of nitrogens with zero attached hydrogens (tertiary/aromatic N) is 3. The summed E-state index contributed by atoms with van der Waals surface area (Å²) in [5.74, 6) is 1.27. The van der Waals surface area contributed by atoms with Gasteiger partial charge in [0.2, 0.25) is 11.9 Å². The molecule has 1 aliphatic heterocycles. The smallest absolute Gasteiger partial charge is 0.246 e. The lowest BCUT2D eigenvalue weighted by Crippen LogP contribution is -2.36. The van der Waals surface area contributed by atoms with E-state index >= 15 is 0 Å². The summed E-state index contributed by atoms with van der Waals surface area (Å²) < 4.78 is 5.93. The highest BCUT2D eigenvalue weighted by Gasteiger charge is 2.15. The maximum Gasteiger partial charge on any atom is 0.246 e. The molecule has 1 aromatic heterocycles. The van der Waals surface area contributed by atoms with Crippen LogP contribution in [0.15, 0.2) is 0 Å². The largest absolute Gasteiger partial charge is 0.378 e. The number of thioether (sulfide) groups is 1. The Bertz CT molecular complexity index is 363. The van der Waals surface area contributed by atoms with Gasteiger partial charge in [0.25, 0.3) is 0 Å². The number of H-pyrrole nitrogens is 1. The number of hydrogen-bond acceptors (Lipinski definition) is 6. The second-order valence-electron chi connectivity index (χ2n) is 3.20. The van der Waals surface area contributed by atoms with Gasteiger partial charge in [-0.3, -0.25) is 0 Å². The Hall–Kier alpha value is -0.860. The average molecular weight is 259 g/mol. The van der Waals surface area contributed by atoms with Crippen LogP contribution in [-0.4, -0.2) is 52.1 Å². The maximum atomic E-state index is 5.26. The third kappa shape index (κ3) is 2.83. The van der Waals surface area contributed by atoms with Crippen molar-refractivity contribution in [3.05, 3.63) is 0 Å². The van der Waals surface area contributed by atoms with Crippen molar-refractivity contribution in [1.29, 1.82) is 0 Å². The Labute approximate surface area is 103 Å². The number of thiocarbonyl (C=S) groups is 1. The Kier molecular flexibility index (Phi) is 3.97. The van der Waals surface area contributed by atoms with Gasteiger partial charge in [0.1, 0.15) is 4.32 Å². The first kappa shape index (κ1) is 11.6. The summed E-state index contributed by atoms with van der Waals surface area (Å²) >= 11 is 6.50. The number of anilines is 2. The van der Waals surface area contributed by atoms with E-state index in [0.717, 1.165) is 26.3 Å². The molecule has 0 amide bonds. The van der Waals surface area contributed by atoms with E-state index in [4.69, 9.17) is 17.0 Å². The summed E-state index contributed by atoms with van der Waals surface area (Å²) in [6.07, 6.45) is 1.91. The molecule has 0 saturated carbocycles. The molecule has 0 atom stereocenters. The molecule has 88 valence electrons. The Morgan fingerprint density at radius 3 is 3.00 bits per heavy atom. The van der Waals surface area contributed by atoms with E-state index in [9.17, 15) is 0 Å². The highest BCUT2D eigenvalue weighted by atomic mass is 32.2. The van der Waals surface area contributed by atoms with E-state index in [1.165, 1.54) is 11.8 Å². The van der Waals surface area contributed by atoms with Crippen LogP contribution >= 0.6 is 24.0 Å². The van der Waals surface area contributed by atoms with Crippen LogP contribution in [0, 0.1) is 0 Å². The highest BCUT2D eigenvalue weighted by molar-refractivity contribution is 8.22. The van der Waals surface area contributed by atoms with Crippen molar-refractivity contribution in [2.45, 2.75) is 0 Å². The van der Waals surface area contributed by atoms with Crippen molar-refractivity contribution in [3.63, 3.8) is 0 Å². The van der Waals surface area contributed by atoms with E-state index in [0.29, 0.717) is 16.2 Å². The summed E-state index contributed by atoms with van der Waals surface area (Å²) in [7, 11) is 0. The molecule has 1 aliphatic rings. The Balaban J connectivity index is 1.98. The molecule has 2 N–H and O–H groups in total. The van der Waals surface area contributed by atoms with Gasteiger partial charge in [-0.15, -0.1) is 16.9 Å². The fourth-order valence-corrected chi connectivity index (χ4v) is 1.66. The molecule has 1 fully saturated rings. The molecule has 0 bridgehead atoms. The highest BCUT2D eigenvalue weighted by Crippen LogP contribution is 2.12. The average Bonchev–Trinajstić information content (AvgIpc) is 2.78. The molecule has 16 heavy (non-hydrogen) atoms. The zero-order chi connectivity index (χ0) is 11.4. The van der Waals surface area contributed by atoms with Gasteiger partial charge < -0.3 is 15.0 Å². The normalized spacial score (nSPS) is 16.2. The predicted molar refractivity (Wildman–Crippen MR) is 69.2 cm³/mol. The minimum atomic E-state index is 0.584. The molecule has 6 nitrogen and oxygen atoms in total. The molecular weight excluding hydrogens is 246 g/mol. The molecule has 1 saturated heterocycles. The lowest BCUT2D eigenvalue weighted by atomic mass is 10.4. The monoisotopic (exact) mass is 259 g/mol. The molecule has 0 radical (unpaired) electrons. The third-order valence-corrected chi connectivity index (χ3v) is 3.25. The number of morpholine rings is 1. The molecule has 8 heteroatoms. The van der Waals surface area contributed by atoms with E-state index in [2.05, 4.69) is 25.4 Å². The van der Waals surface area contributed by atoms with Crippen LogP contribution in [0.3, 0.4) is 0 Å². The zero-order valence-corrected chi connectivity index (χ0v) is 10.5. The topological polar surface area (TPSA) is 66.1 Å². The fraction of sp³-hybridized carbons (Fsp3) is 0.625. The fourth-order valence-electron chi connectivity index (χ4n) is 1.36. The number of aromatic amines is 1. The summed E-state index contributed by atoms with van der Waals surface area (Å²) in [5, 5.41) is 9.90. The maximum absolute atomic E-state index is 5.26. The first-order chi connectivity index (χ1) is 7.79. The lowest BCUT2D eigenvalue weighted by molar-refractivity contribution is 0.122. The SMILES string of the molecule is CSC(=S)Nc1nc(N2CCOCC2)n[nH]1. The van der Waals surface area contributed by atoms with E-state index in [-0.39, 0.29) is 0 Å². The van der Waals surface area contributed by atoms with Gasteiger partial charge in [0.05, 0.1) is 13.2 Å². The second-order valence-corrected chi connectivity index (χ2v) is 4.68. The summed E-state index contributed by atoms with van der Waals surface area (Å²) in [6.45, 7) is 3.09. The second kappa shape index (κ2) is 5.46. The molecule has 2 heterocycles. The van der Waals surface area contributed by atoms with Crippen molar-refractivity contribution in [2.75, 3.05) is 42.8 Å². The standard InChI is InChI=1S/C8H13N5OS2/c1-16-8(15)10-6-9-7(12-11-6)13-2-4-14-5-3-13/h2-5H2,1H3,(H2,9,10,11,12,15). The number of ether oxygens (including phenoxy) is 1. The van der Waals surface area contributed by atoms with Crippen LogP contribution in [-0.2, 0) is 4.74 Å². The van der Waals surface area contributed by atoms with Crippen LogP contribution in [0.2, 0.25) is 0 Å². The van der Waals surface area contributed by atoms with E-state index in [1.54, 1.807) is 0 Å². The lowest BCUT2D eigenvalue weighted by Gasteiger charge is -2.25. The molecule has 0 aliphatic carbocycles.